The van der Waals surface area contributed by atoms with Crippen molar-refractivity contribution in [3.8, 4) is 5.75 Å². The third-order valence-corrected chi connectivity index (χ3v) is 5.07. The number of carbonyl (C=O) groups is 5. The van der Waals surface area contributed by atoms with E-state index in [1.165, 1.54) is 12.0 Å². The first kappa shape index (κ1) is 23.4. The highest BCUT2D eigenvalue weighted by molar-refractivity contribution is 14.1. The van der Waals surface area contributed by atoms with E-state index in [9.17, 15) is 24.0 Å². The number of halogens is 1. The Morgan fingerprint density at radius 3 is 2.60 bits per heavy atom. The first-order valence-electron chi connectivity index (χ1n) is 8.87. The number of carbonyl (C=O) groups excluding carboxylic acids is 4. The predicted molar refractivity (Wildman–Crippen MR) is 112 cm³/mol. The smallest absolute Gasteiger partial charge is 0.332 e. The van der Waals surface area contributed by atoms with Crippen LogP contribution in [0.15, 0.2) is 18.2 Å². The molecular weight excluding hydrogens is 511 g/mol. The fourth-order valence-electron chi connectivity index (χ4n) is 2.96. The number of hydrogen-bond donors (Lipinski definition) is 3. The van der Waals surface area contributed by atoms with Gasteiger partial charge in [-0.3, -0.25) is 24.1 Å². The number of nitrogens with one attached hydrogen (secondary N) is 1. The van der Waals surface area contributed by atoms with Crippen molar-refractivity contribution in [2.75, 3.05) is 25.2 Å². The number of rotatable bonds is 9. The summed E-state index contributed by atoms with van der Waals surface area (Å²) in [5, 5.41) is 11.3. The number of benzene rings is 1. The van der Waals surface area contributed by atoms with Crippen LogP contribution in [0, 0.1) is 9.49 Å². The summed E-state index contributed by atoms with van der Waals surface area (Å²) in [7, 11) is 1.46. The van der Waals surface area contributed by atoms with Crippen LogP contribution in [0.4, 0.5) is 10.5 Å². The van der Waals surface area contributed by atoms with Gasteiger partial charge in [0.2, 0.25) is 17.7 Å². The molecule has 1 aliphatic heterocycles. The summed E-state index contributed by atoms with van der Waals surface area (Å²) in [5.74, 6) is -4.16. The summed E-state index contributed by atoms with van der Waals surface area (Å²) in [4.78, 5) is 61.7. The van der Waals surface area contributed by atoms with E-state index in [1.807, 2.05) is 6.07 Å². The molecule has 1 aromatic carbocycles. The molecular formula is C18H21IN4O7. The third kappa shape index (κ3) is 5.81. The summed E-state index contributed by atoms with van der Waals surface area (Å²) in [6.07, 6.45) is -1.05. The Hall–Kier alpha value is -2.90. The van der Waals surface area contributed by atoms with Crippen LogP contribution >= 0.6 is 22.6 Å². The maximum atomic E-state index is 12.9. The average molecular weight is 532 g/mol. The number of nitrogens with zero attached hydrogens (tertiary/aromatic N) is 2. The molecule has 11 nitrogen and oxygen atoms in total. The van der Waals surface area contributed by atoms with Crippen molar-refractivity contribution in [2.24, 2.45) is 11.7 Å². The Morgan fingerprint density at radius 1 is 1.30 bits per heavy atom. The number of hydrogen-bond acceptors (Lipinski definition) is 6. The van der Waals surface area contributed by atoms with Crippen LogP contribution in [0.25, 0.3) is 0 Å². The molecule has 0 spiro atoms. The number of carboxylic acids is 1. The van der Waals surface area contributed by atoms with E-state index in [4.69, 9.17) is 15.6 Å². The molecule has 0 aromatic heterocycles. The monoisotopic (exact) mass is 532 g/mol. The lowest BCUT2D eigenvalue weighted by molar-refractivity contribution is -0.142. The van der Waals surface area contributed by atoms with E-state index in [0.29, 0.717) is 11.4 Å². The molecule has 0 radical (unpaired) electrons. The minimum absolute atomic E-state index is 0.0239. The number of urea groups is 1. The number of nitrogens with two attached hydrogens (primary N) is 1. The van der Waals surface area contributed by atoms with E-state index >= 15 is 0 Å². The van der Waals surface area contributed by atoms with Crippen LogP contribution in [0.5, 0.6) is 5.75 Å². The molecule has 0 bridgehead atoms. The van der Waals surface area contributed by atoms with Crippen molar-refractivity contribution < 1.29 is 33.8 Å². The maximum absolute atomic E-state index is 12.9. The highest BCUT2D eigenvalue weighted by Crippen LogP contribution is 2.32. The number of carboxylic acid groups (broad SMARTS) is 1. The van der Waals surface area contributed by atoms with Gasteiger partial charge in [-0.25, -0.2) is 9.69 Å². The zero-order valence-electron chi connectivity index (χ0n) is 16.1. The van der Waals surface area contributed by atoms with Crippen molar-refractivity contribution in [3.05, 3.63) is 21.8 Å². The van der Waals surface area contributed by atoms with E-state index in [2.05, 4.69) is 27.9 Å². The van der Waals surface area contributed by atoms with Gasteiger partial charge < -0.3 is 20.9 Å². The molecule has 12 heteroatoms. The fraction of sp³-hybridized carbons (Fsp3) is 0.389. The third-order valence-electron chi connectivity index (χ3n) is 4.39. The van der Waals surface area contributed by atoms with E-state index in [0.717, 1.165) is 8.47 Å². The molecule has 1 saturated heterocycles. The van der Waals surface area contributed by atoms with Gasteiger partial charge in [0.05, 0.1) is 25.1 Å². The molecule has 30 heavy (non-hydrogen) atoms. The summed E-state index contributed by atoms with van der Waals surface area (Å²) in [5.41, 5.74) is 5.54. The van der Waals surface area contributed by atoms with Crippen molar-refractivity contribution in [1.82, 2.24) is 10.2 Å². The quantitative estimate of drug-likeness (QED) is 0.391. The number of ether oxygens (including phenoxy) is 1. The van der Waals surface area contributed by atoms with Gasteiger partial charge in [-0.15, -0.1) is 0 Å². The molecule has 1 heterocycles. The molecule has 4 N–H and O–H groups in total. The molecule has 1 aliphatic rings. The molecule has 1 fully saturated rings. The number of primary amides is 1. The standard InChI is InChI=1S/C18H21IN4O7/c1-30-13-3-2-11(19)8-12(13)22-5-4-15(25)23(18(22)29)9-21-17(28)10(6-14(20)24)7-16(26)27/h2-3,8,10H,4-7,9H2,1H3,(H2,20,24)(H,21,28)(H,26,27)/t10-/m0/s1. The van der Waals surface area contributed by atoms with Crippen LogP contribution in [0.3, 0.4) is 0 Å². The number of imide groups is 1. The van der Waals surface area contributed by atoms with Crippen LogP contribution in [0.1, 0.15) is 19.3 Å². The number of aliphatic carboxylic acids is 1. The molecule has 2 rings (SSSR count). The molecule has 162 valence electrons. The average Bonchev–Trinajstić information content (AvgIpc) is 2.66. The van der Waals surface area contributed by atoms with Gasteiger partial charge in [-0.05, 0) is 40.8 Å². The van der Waals surface area contributed by atoms with Gasteiger partial charge in [0.15, 0.2) is 0 Å². The predicted octanol–water partition coefficient (Wildman–Crippen LogP) is 0.499. The lowest BCUT2D eigenvalue weighted by Crippen LogP contribution is -2.56. The van der Waals surface area contributed by atoms with Gasteiger partial charge in [-0.2, -0.15) is 0 Å². The van der Waals surface area contributed by atoms with Crippen LogP contribution in [0.2, 0.25) is 0 Å². The molecule has 0 saturated carbocycles. The Kier molecular flexibility index (Phi) is 7.97. The van der Waals surface area contributed by atoms with Crippen LogP contribution < -0.4 is 20.7 Å². The minimum atomic E-state index is -1.28. The highest BCUT2D eigenvalue weighted by atomic mass is 127. The Bertz CT molecular complexity index is 860. The zero-order chi connectivity index (χ0) is 22.4. The Labute approximate surface area is 185 Å². The minimum Gasteiger partial charge on any atom is -0.495 e. The SMILES string of the molecule is COc1ccc(I)cc1N1CCC(=O)N(CNC(=O)[C@@H](CC(N)=O)CC(=O)O)C1=O. The molecule has 1 aromatic rings. The second kappa shape index (κ2) is 10.2. The van der Waals surface area contributed by atoms with Crippen molar-refractivity contribution >= 4 is 58.0 Å². The lowest BCUT2D eigenvalue weighted by Gasteiger charge is -2.35. The van der Waals surface area contributed by atoms with E-state index in [1.54, 1.807) is 12.1 Å². The Balaban J connectivity index is 2.15. The van der Waals surface area contributed by atoms with Crippen molar-refractivity contribution in [1.29, 1.82) is 0 Å². The van der Waals surface area contributed by atoms with Gasteiger partial charge in [0.25, 0.3) is 0 Å². The summed E-state index contributed by atoms with van der Waals surface area (Å²) in [6.45, 7) is -0.323. The number of anilines is 1. The van der Waals surface area contributed by atoms with Crippen molar-refractivity contribution in [2.45, 2.75) is 19.3 Å². The molecule has 0 unspecified atom stereocenters. The summed E-state index contributed by atoms with van der Waals surface area (Å²) < 4.78 is 6.16. The summed E-state index contributed by atoms with van der Waals surface area (Å²) in [6, 6.07) is 4.59. The molecule has 0 aliphatic carbocycles. The number of amides is 5. The first-order chi connectivity index (χ1) is 14.1. The lowest BCUT2D eigenvalue weighted by atomic mass is 10.0. The van der Waals surface area contributed by atoms with E-state index in [-0.39, 0.29) is 13.0 Å². The van der Waals surface area contributed by atoms with Gasteiger partial charge in [0, 0.05) is 23.0 Å². The second-order valence-electron chi connectivity index (χ2n) is 6.49. The molecule has 5 amide bonds. The normalized spacial score (nSPS) is 15.0. The largest absolute Gasteiger partial charge is 0.495 e. The molecule has 1 atom stereocenters. The van der Waals surface area contributed by atoms with Gasteiger partial charge >= 0.3 is 12.0 Å². The first-order valence-corrected chi connectivity index (χ1v) is 9.95. The highest BCUT2D eigenvalue weighted by Gasteiger charge is 2.35. The Morgan fingerprint density at radius 2 is 2.00 bits per heavy atom. The van der Waals surface area contributed by atoms with Gasteiger partial charge in [-0.1, -0.05) is 0 Å². The second-order valence-corrected chi connectivity index (χ2v) is 7.73. The van der Waals surface area contributed by atoms with E-state index < -0.39 is 55.2 Å². The van der Waals surface area contributed by atoms with Crippen LogP contribution in [-0.4, -0.2) is 60.1 Å². The van der Waals surface area contributed by atoms with Crippen LogP contribution in [-0.2, 0) is 19.2 Å². The fourth-order valence-corrected chi connectivity index (χ4v) is 3.43. The topological polar surface area (TPSA) is 159 Å². The van der Waals surface area contributed by atoms with Gasteiger partial charge in [0.1, 0.15) is 12.4 Å². The van der Waals surface area contributed by atoms with Crippen molar-refractivity contribution in [3.63, 3.8) is 0 Å². The number of methoxy groups -OCH3 is 1. The maximum Gasteiger partial charge on any atom is 0.332 e. The summed E-state index contributed by atoms with van der Waals surface area (Å²) >= 11 is 2.09. The zero-order valence-corrected chi connectivity index (χ0v) is 18.2.